The highest BCUT2D eigenvalue weighted by Gasteiger charge is 2.22. The molecule has 162 valence electrons. The number of nitrogens with zero attached hydrogens (tertiary/aromatic N) is 2. The van der Waals surface area contributed by atoms with E-state index in [1.165, 1.54) is 11.3 Å². The van der Waals surface area contributed by atoms with Crippen molar-refractivity contribution >= 4 is 44.7 Å². The number of amides is 2. The van der Waals surface area contributed by atoms with Crippen LogP contribution in [-0.4, -0.2) is 21.4 Å². The van der Waals surface area contributed by atoms with Gasteiger partial charge in [0.15, 0.2) is 0 Å². The van der Waals surface area contributed by atoms with Gasteiger partial charge in [0.25, 0.3) is 11.5 Å². The van der Waals surface area contributed by atoms with Crippen LogP contribution in [0.3, 0.4) is 0 Å². The van der Waals surface area contributed by atoms with E-state index < -0.39 is 0 Å². The lowest BCUT2D eigenvalue weighted by molar-refractivity contribution is -0.118. The third-order valence-electron chi connectivity index (χ3n) is 5.55. The maximum absolute atomic E-state index is 13.1. The Labute approximate surface area is 184 Å². The summed E-state index contributed by atoms with van der Waals surface area (Å²) in [6, 6.07) is 6.98. The second-order valence-electron chi connectivity index (χ2n) is 8.21. The second-order valence-corrected chi connectivity index (χ2v) is 9.21. The summed E-state index contributed by atoms with van der Waals surface area (Å²) in [5.41, 5.74) is 1.92. The summed E-state index contributed by atoms with van der Waals surface area (Å²) < 4.78 is 1.78. The average molecular weight is 439 g/mol. The molecule has 2 amide bonds. The predicted molar refractivity (Wildman–Crippen MR) is 124 cm³/mol. The smallest absolute Gasteiger partial charge is 0.266 e. The van der Waals surface area contributed by atoms with Gasteiger partial charge in [-0.3, -0.25) is 19.0 Å². The number of hydrogen-bond acceptors (Lipinski definition) is 5. The largest absolute Gasteiger partial charge is 0.326 e. The van der Waals surface area contributed by atoms with Gasteiger partial charge in [0.2, 0.25) is 5.91 Å². The zero-order valence-electron chi connectivity index (χ0n) is 17.9. The topological polar surface area (TPSA) is 93.1 Å². The van der Waals surface area contributed by atoms with E-state index in [1.807, 2.05) is 20.8 Å². The number of carbonyl (C=O) groups is 2. The van der Waals surface area contributed by atoms with Crippen molar-refractivity contribution in [1.82, 2.24) is 9.55 Å². The molecule has 2 aromatic heterocycles. The zero-order valence-corrected chi connectivity index (χ0v) is 18.8. The van der Waals surface area contributed by atoms with Gasteiger partial charge in [-0.2, -0.15) is 0 Å². The summed E-state index contributed by atoms with van der Waals surface area (Å²) in [4.78, 5) is 43.7. The van der Waals surface area contributed by atoms with Crippen LogP contribution < -0.4 is 16.2 Å². The molecule has 1 aliphatic rings. The van der Waals surface area contributed by atoms with Crippen molar-refractivity contribution in [3.05, 3.63) is 50.9 Å². The molecule has 0 unspecified atom stereocenters. The van der Waals surface area contributed by atoms with E-state index in [-0.39, 0.29) is 23.3 Å². The van der Waals surface area contributed by atoms with Crippen LogP contribution >= 0.6 is 11.3 Å². The van der Waals surface area contributed by atoms with Gasteiger partial charge >= 0.3 is 0 Å². The Morgan fingerprint density at radius 2 is 1.74 bits per heavy atom. The molecule has 1 aliphatic heterocycles. The van der Waals surface area contributed by atoms with E-state index in [0.717, 1.165) is 31.5 Å². The molecule has 0 bridgehead atoms. The molecule has 1 aromatic carbocycles. The Morgan fingerprint density at radius 1 is 1.06 bits per heavy atom. The normalized spacial score (nSPS) is 13.7. The van der Waals surface area contributed by atoms with Crippen LogP contribution in [-0.2, 0) is 17.8 Å². The molecule has 31 heavy (non-hydrogen) atoms. The van der Waals surface area contributed by atoms with Crippen molar-refractivity contribution in [3.63, 3.8) is 0 Å². The lowest BCUT2D eigenvalue weighted by Crippen LogP contribution is -2.24. The van der Waals surface area contributed by atoms with Gasteiger partial charge < -0.3 is 10.6 Å². The van der Waals surface area contributed by atoms with E-state index in [2.05, 4.69) is 10.6 Å². The van der Waals surface area contributed by atoms with Crippen molar-refractivity contribution in [3.8, 4) is 0 Å². The second kappa shape index (κ2) is 8.63. The van der Waals surface area contributed by atoms with Gasteiger partial charge in [-0.25, -0.2) is 4.98 Å². The first-order valence-corrected chi connectivity index (χ1v) is 11.4. The molecule has 3 aromatic rings. The third-order valence-corrected chi connectivity index (χ3v) is 6.74. The van der Waals surface area contributed by atoms with Gasteiger partial charge in [0.1, 0.15) is 10.7 Å². The number of hydrogen-bond donors (Lipinski definition) is 2. The van der Waals surface area contributed by atoms with Crippen molar-refractivity contribution in [2.45, 2.75) is 53.0 Å². The first-order valence-electron chi connectivity index (χ1n) is 10.6. The number of fused-ring (bicyclic) bond motifs is 2. The number of rotatable bonds is 4. The average Bonchev–Trinajstić information content (AvgIpc) is 2.91. The number of anilines is 2. The van der Waals surface area contributed by atoms with Crippen LogP contribution in [0.5, 0.6) is 0 Å². The first-order chi connectivity index (χ1) is 14.8. The Hall–Kier alpha value is -3.00. The zero-order chi connectivity index (χ0) is 22.1. The maximum atomic E-state index is 13.1. The Morgan fingerprint density at radius 3 is 2.42 bits per heavy atom. The van der Waals surface area contributed by atoms with Crippen LogP contribution in [0.15, 0.2) is 29.1 Å². The molecule has 0 spiro atoms. The Kier molecular flexibility index (Phi) is 5.91. The van der Waals surface area contributed by atoms with E-state index in [0.29, 0.717) is 38.6 Å². The van der Waals surface area contributed by atoms with Crippen LogP contribution in [0.2, 0.25) is 0 Å². The van der Waals surface area contributed by atoms with Gasteiger partial charge in [0.05, 0.1) is 10.3 Å². The first kappa shape index (κ1) is 21.2. The van der Waals surface area contributed by atoms with E-state index in [9.17, 15) is 14.4 Å². The molecule has 0 aliphatic carbocycles. The number of benzene rings is 1. The monoisotopic (exact) mass is 438 g/mol. The number of carbonyl (C=O) groups excluding carboxylic acids is 2. The summed E-state index contributed by atoms with van der Waals surface area (Å²) in [5, 5.41) is 6.26. The van der Waals surface area contributed by atoms with Gasteiger partial charge in [0, 0.05) is 30.3 Å². The third kappa shape index (κ3) is 4.25. The lowest BCUT2D eigenvalue weighted by Gasteiger charge is -2.09. The summed E-state index contributed by atoms with van der Waals surface area (Å²) >= 11 is 1.27. The maximum Gasteiger partial charge on any atom is 0.266 e. The van der Waals surface area contributed by atoms with Crippen LogP contribution in [0.25, 0.3) is 10.2 Å². The quantitative estimate of drug-likeness (QED) is 0.634. The fourth-order valence-corrected chi connectivity index (χ4v) is 4.82. The molecule has 0 saturated heterocycles. The summed E-state index contributed by atoms with van der Waals surface area (Å²) in [5.74, 6) is 0.388. The molecule has 7 nitrogen and oxygen atoms in total. The number of aromatic nitrogens is 2. The fraction of sp³-hybridized carbons (Fsp3) is 0.391. The van der Waals surface area contributed by atoms with Crippen molar-refractivity contribution < 1.29 is 9.59 Å². The Bertz CT molecular complexity index is 1210. The van der Waals surface area contributed by atoms with E-state index in [4.69, 9.17) is 4.98 Å². The molecule has 3 heterocycles. The predicted octanol–water partition coefficient (Wildman–Crippen LogP) is 4.34. The van der Waals surface area contributed by atoms with Crippen molar-refractivity contribution in [2.75, 3.05) is 10.6 Å². The summed E-state index contributed by atoms with van der Waals surface area (Å²) in [6.45, 7) is 6.16. The summed E-state index contributed by atoms with van der Waals surface area (Å²) in [6.07, 6.45) is 3.90. The number of aryl methyl sites for hydroxylation is 2. The standard InChI is InChI=1S/C23H26N4O3S/c1-13(2)20(28)24-15-8-10-16(11-9-15)25-21(29)19-14(3)18-22(31-19)26-17-7-5-4-6-12-27(17)23(18)30/h8-11,13H,4-7,12H2,1-3H3,(H,24,28)(H,25,29). The molecule has 0 fully saturated rings. The molecular weight excluding hydrogens is 412 g/mol. The van der Waals surface area contributed by atoms with Crippen LogP contribution in [0.4, 0.5) is 11.4 Å². The highest BCUT2D eigenvalue weighted by Crippen LogP contribution is 2.29. The Balaban J connectivity index is 1.58. The minimum absolute atomic E-state index is 0.0417. The molecule has 0 saturated carbocycles. The molecule has 0 atom stereocenters. The SMILES string of the molecule is Cc1c(C(=O)Nc2ccc(NC(=O)C(C)C)cc2)sc2nc3n(c(=O)c12)CCCCC3. The number of thiophene rings is 1. The van der Waals surface area contributed by atoms with Gasteiger partial charge in [-0.15, -0.1) is 11.3 Å². The molecule has 4 rings (SSSR count). The minimum atomic E-state index is -0.265. The van der Waals surface area contributed by atoms with Crippen molar-refractivity contribution in [1.29, 1.82) is 0 Å². The highest BCUT2D eigenvalue weighted by molar-refractivity contribution is 7.20. The van der Waals surface area contributed by atoms with E-state index >= 15 is 0 Å². The van der Waals surface area contributed by atoms with Gasteiger partial charge in [-0.1, -0.05) is 20.3 Å². The fourth-order valence-electron chi connectivity index (χ4n) is 3.74. The van der Waals surface area contributed by atoms with Gasteiger partial charge in [-0.05, 0) is 49.6 Å². The number of nitrogens with one attached hydrogen (secondary N) is 2. The van der Waals surface area contributed by atoms with E-state index in [1.54, 1.807) is 28.8 Å². The molecule has 8 heteroatoms. The molecular formula is C23H26N4O3S. The molecule has 2 N–H and O–H groups in total. The van der Waals surface area contributed by atoms with Crippen LogP contribution in [0.1, 0.15) is 54.2 Å². The summed E-state index contributed by atoms with van der Waals surface area (Å²) in [7, 11) is 0. The molecule has 0 radical (unpaired) electrons. The highest BCUT2D eigenvalue weighted by atomic mass is 32.1. The lowest BCUT2D eigenvalue weighted by atomic mass is 10.2. The van der Waals surface area contributed by atoms with Crippen LogP contribution in [0, 0.1) is 12.8 Å². The van der Waals surface area contributed by atoms with Crippen molar-refractivity contribution in [2.24, 2.45) is 5.92 Å². The minimum Gasteiger partial charge on any atom is -0.326 e.